The molecule has 5 nitrogen and oxygen atoms in total. The molecule has 0 saturated heterocycles. The van der Waals surface area contributed by atoms with Crippen LogP contribution in [0.5, 0.6) is 0 Å². The van der Waals surface area contributed by atoms with Crippen LogP contribution in [0.3, 0.4) is 0 Å². The lowest BCUT2D eigenvalue weighted by atomic mass is 10.3. The van der Waals surface area contributed by atoms with Gasteiger partial charge in [0, 0.05) is 5.02 Å². The van der Waals surface area contributed by atoms with Crippen LogP contribution in [0.2, 0.25) is 5.02 Å². The molecule has 90 valence electrons. The molecule has 0 bridgehead atoms. The quantitative estimate of drug-likeness (QED) is 0.461. The van der Waals surface area contributed by atoms with Crippen molar-refractivity contribution in [2.75, 3.05) is 5.12 Å². The molecule has 0 heterocycles. The maximum Gasteiger partial charge on any atom is 0.0908 e. The van der Waals surface area contributed by atoms with Crippen LogP contribution >= 0.6 is 11.6 Å². The number of benzene rings is 2. The zero-order valence-corrected chi connectivity index (χ0v) is 10.0. The Bertz CT molecular complexity index is 542. The fourth-order valence-corrected chi connectivity index (χ4v) is 1.40. The highest BCUT2D eigenvalue weighted by Crippen LogP contribution is 2.20. The van der Waals surface area contributed by atoms with E-state index >= 15 is 0 Å². The van der Waals surface area contributed by atoms with E-state index in [0.29, 0.717) is 16.4 Å². The van der Waals surface area contributed by atoms with Crippen LogP contribution in [-0.2, 0) is 0 Å². The molecule has 0 N–H and O–H groups in total. The molecule has 6 heteroatoms. The normalized spacial score (nSPS) is 10.5. The second-order valence-electron chi connectivity index (χ2n) is 3.37. The largest absolute Gasteiger partial charge is 0.131 e. The van der Waals surface area contributed by atoms with Crippen molar-refractivity contribution < 1.29 is 0 Å². The van der Waals surface area contributed by atoms with Gasteiger partial charge in [-0.25, -0.2) is 0 Å². The van der Waals surface area contributed by atoms with Crippen LogP contribution < -0.4 is 5.12 Å². The summed E-state index contributed by atoms with van der Waals surface area (Å²) >= 11 is 5.75. The first-order chi connectivity index (χ1) is 8.79. The maximum absolute atomic E-state index is 10.7. The van der Waals surface area contributed by atoms with Crippen molar-refractivity contribution in [2.24, 2.45) is 15.6 Å². The topological polar surface area (TPSA) is 57.4 Å². The van der Waals surface area contributed by atoms with E-state index in [1.165, 1.54) is 0 Å². The molecule has 0 amide bonds. The van der Waals surface area contributed by atoms with Crippen molar-refractivity contribution in [3.8, 4) is 0 Å². The Kier molecular flexibility index (Phi) is 3.98. The lowest BCUT2D eigenvalue weighted by molar-refractivity contribution is 0.850. The van der Waals surface area contributed by atoms with Gasteiger partial charge in [0.2, 0.25) is 0 Å². The summed E-state index contributed by atoms with van der Waals surface area (Å²) in [6.07, 6.45) is 0. The van der Waals surface area contributed by atoms with Crippen LogP contribution in [0, 0.1) is 4.91 Å². The molecule has 0 aliphatic rings. The zero-order chi connectivity index (χ0) is 12.8. The van der Waals surface area contributed by atoms with Crippen LogP contribution in [0.1, 0.15) is 0 Å². The van der Waals surface area contributed by atoms with E-state index in [0.717, 1.165) is 5.12 Å². The van der Waals surface area contributed by atoms with Crippen LogP contribution in [0.25, 0.3) is 0 Å². The summed E-state index contributed by atoms with van der Waals surface area (Å²) in [5, 5.41) is 11.9. The van der Waals surface area contributed by atoms with Gasteiger partial charge in [0.25, 0.3) is 0 Å². The smallest absolute Gasteiger partial charge is 0.0908 e. The number of hydrogen-bond donors (Lipinski definition) is 0. The van der Waals surface area contributed by atoms with E-state index in [9.17, 15) is 4.91 Å². The molecule has 0 radical (unpaired) electrons. The van der Waals surface area contributed by atoms with Crippen molar-refractivity contribution >= 4 is 23.0 Å². The Morgan fingerprint density at radius 2 is 1.61 bits per heavy atom. The van der Waals surface area contributed by atoms with E-state index in [2.05, 4.69) is 15.6 Å². The predicted molar refractivity (Wildman–Crippen MR) is 70.7 cm³/mol. The molecule has 0 atom stereocenters. The minimum Gasteiger partial charge on any atom is -0.131 e. The highest BCUT2D eigenvalue weighted by Gasteiger charge is 2.04. The Hall–Kier alpha value is -2.27. The second kappa shape index (κ2) is 5.88. The summed E-state index contributed by atoms with van der Waals surface area (Å²) in [6.45, 7) is 0. The lowest BCUT2D eigenvalue weighted by Crippen LogP contribution is -2.04. The molecule has 0 unspecified atom stereocenters. The summed E-state index contributed by atoms with van der Waals surface area (Å²) in [5.74, 6) is 0. The van der Waals surface area contributed by atoms with Crippen LogP contribution in [0.4, 0.5) is 11.4 Å². The van der Waals surface area contributed by atoms with Crippen molar-refractivity contribution in [2.45, 2.75) is 0 Å². The van der Waals surface area contributed by atoms with Crippen molar-refractivity contribution in [1.29, 1.82) is 0 Å². The van der Waals surface area contributed by atoms with Crippen LogP contribution in [0.15, 0.2) is 70.2 Å². The lowest BCUT2D eigenvalue weighted by Gasteiger charge is -2.06. The fourth-order valence-electron chi connectivity index (χ4n) is 1.28. The number of nitrogens with zero attached hydrogens (tertiary/aromatic N) is 4. The number of nitroso groups, excluding NO2 is 1. The predicted octanol–water partition coefficient (Wildman–Crippen LogP) is 4.53. The summed E-state index contributed by atoms with van der Waals surface area (Å²) < 4.78 is 0. The third-order valence-electron chi connectivity index (χ3n) is 2.14. The number of hydrogen-bond acceptors (Lipinski definition) is 4. The SMILES string of the molecule is O=NN(N=Nc1ccccc1)c1ccc(Cl)cc1. The monoisotopic (exact) mass is 260 g/mol. The minimum absolute atomic E-state index is 0.495. The van der Waals surface area contributed by atoms with Gasteiger partial charge in [-0.2, -0.15) is 0 Å². The maximum atomic E-state index is 10.7. The first kappa shape index (κ1) is 12.2. The van der Waals surface area contributed by atoms with Crippen molar-refractivity contribution in [3.63, 3.8) is 0 Å². The second-order valence-corrected chi connectivity index (χ2v) is 3.81. The molecule has 2 rings (SSSR count). The Balaban J connectivity index is 2.17. The van der Waals surface area contributed by atoms with Gasteiger partial charge in [0.1, 0.15) is 0 Å². The first-order valence-electron chi connectivity index (χ1n) is 5.15. The summed E-state index contributed by atoms with van der Waals surface area (Å²) in [4.78, 5) is 10.7. The van der Waals surface area contributed by atoms with Gasteiger partial charge < -0.3 is 0 Å². The van der Waals surface area contributed by atoms with Crippen LogP contribution in [-0.4, -0.2) is 0 Å². The number of halogens is 1. The third kappa shape index (κ3) is 3.11. The molecule has 0 aliphatic heterocycles. The highest BCUT2D eigenvalue weighted by molar-refractivity contribution is 6.30. The molecular weight excluding hydrogens is 252 g/mol. The Morgan fingerprint density at radius 3 is 2.22 bits per heavy atom. The standard InChI is InChI=1S/C12H9ClN4O/c13-10-6-8-12(9-7-10)17(16-18)15-14-11-4-2-1-3-5-11/h1-9H. The molecule has 0 aromatic heterocycles. The van der Waals surface area contributed by atoms with Gasteiger partial charge in [0.05, 0.1) is 16.7 Å². The molecule has 0 fully saturated rings. The average molecular weight is 261 g/mol. The van der Waals surface area contributed by atoms with Gasteiger partial charge >= 0.3 is 0 Å². The van der Waals surface area contributed by atoms with E-state index in [-0.39, 0.29) is 0 Å². The highest BCUT2D eigenvalue weighted by atomic mass is 35.5. The fraction of sp³-hybridized carbons (Fsp3) is 0. The molecule has 2 aromatic rings. The van der Waals surface area contributed by atoms with E-state index in [1.54, 1.807) is 36.4 Å². The zero-order valence-electron chi connectivity index (χ0n) is 9.27. The minimum atomic E-state index is 0.495. The third-order valence-corrected chi connectivity index (χ3v) is 2.39. The Labute approximate surface area is 109 Å². The first-order valence-corrected chi connectivity index (χ1v) is 5.53. The van der Waals surface area contributed by atoms with Gasteiger partial charge in [0.15, 0.2) is 0 Å². The van der Waals surface area contributed by atoms with Gasteiger partial charge in [-0.3, -0.25) is 0 Å². The number of anilines is 1. The van der Waals surface area contributed by atoms with Gasteiger partial charge in [-0.1, -0.05) is 34.9 Å². The number of rotatable bonds is 4. The van der Waals surface area contributed by atoms with Gasteiger partial charge in [-0.05, 0) is 41.6 Å². The molecule has 2 aromatic carbocycles. The molecule has 0 aliphatic carbocycles. The Morgan fingerprint density at radius 1 is 0.944 bits per heavy atom. The van der Waals surface area contributed by atoms with E-state index < -0.39 is 0 Å². The summed E-state index contributed by atoms with van der Waals surface area (Å²) in [6, 6.07) is 15.6. The van der Waals surface area contributed by atoms with Gasteiger partial charge in [-0.15, -0.1) is 10.0 Å². The molecule has 0 saturated carbocycles. The molecule has 18 heavy (non-hydrogen) atoms. The van der Waals surface area contributed by atoms with Crippen molar-refractivity contribution in [1.82, 2.24) is 0 Å². The summed E-state index contributed by atoms with van der Waals surface area (Å²) in [5.41, 5.74) is 1.13. The molecular formula is C12H9ClN4O. The molecule has 0 spiro atoms. The van der Waals surface area contributed by atoms with E-state index in [1.807, 2.05) is 18.2 Å². The van der Waals surface area contributed by atoms with E-state index in [4.69, 9.17) is 11.6 Å². The average Bonchev–Trinajstić information content (AvgIpc) is 2.42. The van der Waals surface area contributed by atoms with Crippen molar-refractivity contribution in [3.05, 3.63) is 64.5 Å². The summed E-state index contributed by atoms with van der Waals surface area (Å²) in [7, 11) is 0.